The van der Waals surface area contributed by atoms with Crippen molar-refractivity contribution in [3.63, 3.8) is 0 Å². The van der Waals surface area contributed by atoms with Crippen molar-refractivity contribution in [2.75, 3.05) is 53.3 Å². The molecule has 2 aromatic carbocycles. The number of phenols is 1. The minimum atomic E-state index is -0.375. The summed E-state index contributed by atoms with van der Waals surface area (Å²) in [5.41, 5.74) is 7.64. The van der Waals surface area contributed by atoms with Crippen molar-refractivity contribution in [3.05, 3.63) is 77.1 Å². The van der Waals surface area contributed by atoms with E-state index in [9.17, 15) is 19.8 Å². The van der Waals surface area contributed by atoms with Crippen molar-refractivity contribution in [2.45, 2.75) is 26.2 Å². The fourth-order valence-corrected chi connectivity index (χ4v) is 3.86. The van der Waals surface area contributed by atoms with Crippen molar-refractivity contribution in [1.82, 2.24) is 15.0 Å². The summed E-state index contributed by atoms with van der Waals surface area (Å²) < 4.78 is 29.2. The Morgan fingerprint density at radius 2 is 1.53 bits per heavy atom. The molecule has 0 aliphatic carbocycles. The monoisotopic (exact) mass is 624 g/mol. The van der Waals surface area contributed by atoms with Gasteiger partial charge in [-0.05, 0) is 47.5 Å². The summed E-state index contributed by atoms with van der Waals surface area (Å²) in [6, 6.07) is 9.80. The van der Waals surface area contributed by atoms with Gasteiger partial charge in [0.25, 0.3) is 0 Å². The number of carbonyl (C=O) groups excluding carboxylic acids is 2. The molecule has 0 saturated heterocycles. The highest BCUT2D eigenvalue weighted by Gasteiger charge is 2.09. The molecular weight excluding hydrogens is 584 g/mol. The van der Waals surface area contributed by atoms with E-state index in [0.29, 0.717) is 86.6 Å². The van der Waals surface area contributed by atoms with Crippen molar-refractivity contribution < 1.29 is 43.5 Å². The molecular formula is C32H40N4O9. The lowest BCUT2D eigenvalue weighted by Crippen LogP contribution is -2.14. The Kier molecular flexibility index (Phi) is 15.4. The van der Waals surface area contributed by atoms with Crippen LogP contribution >= 0.6 is 0 Å². The summed E-state index contributed by atoms with van der Waals surface area (Å²) in [6.45, 7) is 3.80. The van der Waals surface area contributed by atoms with Crippen molar-refractivity contribution in [2.24, 2.45) is 5.73 Å². The van der Waals surface area contributed by atoms with Crippen molar-refractivity contribution in [3.8, 4) is 17.2 Å². The molecule has 3 aromatic rings. The SMILES string of the molecule is COc1cc(/C=C/C(=O)CC(=O)/C=C/c2ccc(O)c(CO)c2)ccc1OCc1cn(CCOCCOCCOCCN)nn1. The van der Waals surface area contributed by atoms with Gasteiger partial charge in [0, 0.05) is 12.1 Å². The van der Waals surface area contributed by atoms with Gasteiger partial charge in [-0.3, -0.25) is 9.59 Å². The average molecular weight is 625 g/mol. The Morgan fingerprint density at radius 3 is 2.20 bits per heavy atom. The third kappa shape index (κ3) is 13.0. The molecule has 0 atom stereocenters. The third-order valence-corrected chi connectivity index (χ3v) is 6.17. The molecule has 0 aliphatic heterocycles. The standard InChI is InChI=1S/C32H40N4O9/c1-41-32-19-25(3-7-29(39)20-28(38)6-2-24-4-8-30(40)26(18-24)22-37)5-9-31(32)45-23-27-21-36(35-34-27)11-13-43-15-17-44-16-14-42-12-10-33/h2-9,18-19,21,37,40H,10-17,20,22-23,33H2,1H3/b6-2+,7-3+. The molecule has 0 spiro atoms. The van der Waals surface area contributed by atoms with Crippen LogP contribution in [-0.2, 0) is 43.6 Å². The molecule has 0 unspecified atom stereocenters. The predicted molar refractivity (Wildman–Crippen MR) is 166 cm³/mol. The molecule has 3 rings (SSSR count). The van der Waals surface area contributed by atoms with Crippen molar-refractivity contribution in [1.29, 1.82) is 0 Å². The van der Waals surface area contributed by atoms with Crippen LogP contribution in [0, 0.1) is 0 Å². The minimum absolute atomic E-state index is 0.0282. The summed E-state index contributed by atoms with van der Waals surface area (Å²) in [7, 11) is 1.51. The van der Waals surface area contributed by atoms with Crippen molar-refractivity contribution >= 4 is 23.7 Å². The van der Waals surface area contributed by atoms with E-state index in [4.69, 9.17) is 29.4 Å². The van der Waals surface area contributed by atoms with Crippen LogP contribution in [0.4, 0.5) is 0 Å². The number of methoxy groups -OCH3 is 1. The van der Waals surface area contributed by atoms with E-state index in [2.05, 4.69) is 10.3 Å². The Labute approximate surface area is 261 Å². The number of allylic oxidation sites excluding steroid dienone is 2. The van der Waals surface area contributed by atoms with Crippen LogP contribution in [0.15, 0.2) is 54.7 Å². The Morgan fingerprint density at radius 1 is 0.889 bits per heavy atom. The number of aliphatic hydroxyl groups excluding tert-OH is 1. The first-order valence-corrected chi connectivity index (χ1v) is 14.4. The zero-order valence-electron chi connectivity index (χ0n) is 25.3. The number of aliphatic hydroxyl groups is 1. The molecule has 4 N–H and O–H groups in total. The summed E-state index contributed by atoms with van der Waals surface area (Å²) in [5, 5.41) is 27.1. The van der Waals surface area contributed by atoms with E-state index in [-0.39, 0.29) is 37.0 Å². The molecule has 0 fully saturated rings. The minimum Gasteiger partial charge on any atom is -0.508 e. The van der Waals surface area contributed by atoms with Crippen LogP contribution < -0.4 is 15.2 Å². The number of rotatable bonds is 22. The topological polar surface area (TPSA) is 177 Å². The fourth-order valence-electron chi connectivity index (χ4n) is 3.86. The zero-order chi connectivity index (χ0) is 32.3. The first-order chi connectivity index (χ1) is 21.9. The smallest absolute Gasteiger partial charge is 0.163 e. The number of hydrogen-bond acceptors (Lipinski definition) is 12. The van der Waals surface area contributed by atoms with Gasteiger partial charge in [-0.15, -0.1) is 5.10 Å². The normalized spacial score (nSPS) is 11.4. The lowest BCUT2D eigenvalue weighted by molar-refractivity contribution is -0.121. The van der Waals surface area contributed by atoms with Gasteiger partial charge in [0.05, 0.1) is 72.5 Å². The van der Waals surface area contributed by atoms with Gasteiger partial charge in [0.1, 0.15) is 18.1 Å². The Balaban J connectivity index is 1.40. The van der Waals surface area contributed by atoms with E-state index in [1.165, 1.54) is 31.4 Å². The molecule has 13 heteroatoms. The summed E-state index contributed by atoms with van der Waals surface area (Å²) in [6.07, 6.45) is 7.22. The van der Waals surface area contributed by atoms with Gasteiger partial charge in [0.2, 0.25) is 0 Å². The van der Waals surface area contributed by atoms with Gasteiger partial charge in [0.15, 0.2) is 23.1 Å². The van der Waals surface area contributed by atoms with E-state index < -0.39 is 0 Å². The van der Waals surface area contributed by atoms with Gasteiger partial charge in [-0.1, -0.05) is 29.5 Å². The second kappa shape index (κ2) is 19.8. The average Bonchev–Trinajstić information content (AvgIpc) is 3.51. The fraction of sp³-hybridized carbons (Fsp3) is 0.375. The summed E-state index contributed by atoms with van der Waals surface area (Å²) in [5.74, 6) is 0.191. The van der Waals surface area contributed by atoms with Crippen LogP contribution in [0.1, 0.15) is 28.8 Å². The molecule has 0 bridgehead atoms. The summed E-state index contributed by atoms with van der Waals surface area (Å²) >= 11 is 0. The van der Waals surface area contributed by atoms with Gasteiger partial charge < -0.3 is 39.6 Å². The number of ether oxygens (including phenoxy) is 5. The molecule has 45 heavy (non-hydrogen) atoms. The first-order valence-electron chi connectivity index (χ1n) is 14.4. The highest BCUT2D eigenvalue weighted by atomic mass is 16.5. The van der Waals surface area contributed by atoms with Crippen LogP contribution in [0.2, 0.25) is 0 Å². The Bertz CT molecular complexity index is 1420. The number of hydrogen-bond donors (Lipinski definition) is 3. The number of aromatic hydroxyl groups is 1. The Hall–Kier alpha value is -4.40. The molecule has 0 amide bonds. The number of benzene rings is 2. The lowest BCUT2D eigenvalue weighted by Gasteiger charge is -2.10. The maximum Gasteiger partial charge on any atom is 0.163 e. The molecule has 0 radical (unpaired) electrons. The molecule has 1 heterocycles. The lowest BCUT2D eigenvalue weighted by atomic mass is 10.1. The quantitative estimate of drug-likeness (QED) is 0.0846. The zero-order valence-corrected chi connectivity index (χ0v) is 25.3. The van der Waals surface area contributed by atoms with Crippen LogP contribution in [0.5, 0.6) is 17.2 Å². The van der Waals surface area contributed by atoms with E-state index in [0.717, 1.165) is 0 Å². The molecule has 242 valence electrons. The number of carbonyl (C=O) groups is 2. The second-order valence-corrected chi connectivity index (χ2v) is 9.62. The maximum atomic E-state index is 12.3. The molecule has 0 aliphatic rings. The van der Waals surface area contributed by atoms with E-state index in [1.807, 2.05) is 0 Å². The third-order valence-electron chi connectivity index (χ3n) is 6.17. The molecule has 13 nitrogen and oxygen atoms in total. The van der Waals surface area contributed by atoms with Gasteiger partial charge in [-0.25, -0.2) is 4.68 Å². The highest BCUT2D eigenvalue weighted by molar-refractivity contribution is 6.10. The second-order valence-electron chi connectivity index (χ2n) is 9.62. The first kappa shape index (κ1) is 35.1. The number of aromatic nitrogens is 3. The number of nitrogens with zero attached hydrogens (tertiary/aromatic N) is 3. The van der Waals surface area contributed by atoms with Gasteiger partial charge >= 0.3 is 0 Å². The van der Waals surface area contributed by atoms with Crippen LogP contribution in [0.25, 0.3) is 12.2 Å². The largest absolute Gasteiger partial charge is 0.508 e. The number of ketones is 2. The predicted octanol–water partition coefficient (Wildman–Crippen LogP) is 2.33. The summed E-state index contributed by atoms with van der Waals surface area (Å²) in [4.78, 5) is 24.6. The molecule has 0 saturated carbocycles. The highest BCUT2D eigenvalue weighted by Crippen LogP contribution is 2.29. The van der Waals surface area contributed by atoms with Crippen LogP contribution in [0.3, 0.4) is 0 Å². The maximum absolute atomic E-state index is 12.3. The van der Waals surface area contributed by atoms with Crippen LogP contribution in [-0.4, -0.2) is 90.1 Å². The number of nitrogens with two attached hydrogens (primary N) is 1. The van der Waals surface area contributed by atoms with E-state index in [1.54, 1.807) is 47.3 Å². The van der Waals surface area contributed by atoms with E-state index >= 15 is 0 Å². The van der Waals surface area contributed by atoms with Gasteiger partial charge in [-0.2, -0.15) is 0 Å². The molecule has 1 aromatic heterocycles.